The number of anilines is 1. The number of nitrogens with zero attached hydrogens (tertiary/aromatic N) is 2. The van der Waals surface area contributed by atoms with Gasteiger partial charge in [-0.2, -0.15) is 0 Å². The number of nitrogens with one attached hydrogen (secondary N) is 2. The molecular weight excluding hydrogens is 506 g/mol. The zero-order valence-corrected chi connectivity index (χ0v) is 21.6. The summed E-state index contributed by atoms with van der Waals surface area (Å²) in [5.41, 5.74) is 7.20. The van der Waals surface area contributed by atoms with Gasteiger partial charge in [-0.15, -0.1) is 0 Å². The number of carbonyl (C=O) groups is 3. The van der Waals surface area contributed by atoms with Gasteiger partial charge in [-0.3, -0.25) is 14.9 Å². The summed E-state index contributed by atoms with van der Waals surface area (Å²) in [6.07, 6.45) is 1.59. The van der Waals surface area contributed by atoms with Crippen molar-refractivity contribution in [2.45, 2.75) is 19.4 Å². The number of hydrogen-bond acceptors (Lipinski definition) is 6. The van der Waals surface area contributed by atoms with E-state index < -0.39 is 11.5 Å². The Hall–Kier alpha value is -3.95. The third-order valence-corrected chi connectivity index (χ3v) is 7.08. The molecule has 1 aromatic heterocycles. The van der Waals surface area contributed by atoms with Gasteiger partial charge in [0, 0.05) is 36.4 Å². The summed E-state index contributed by atoms with van der Waals surface area (Å²) in [6.45, 7) is 0.655. The lowest BCUT2D eigenvalue weighted by molar-refractivity contribution is -0.142. The van der Waals surface area contributed by atoms with Crippen molar-refractivity contribution in [1.29, 1.82) is 0 Å². The third-order valence-electron chi connectivity index (χ3n) is 6.71. The SMILES string of the molecule is NCC(=O)N1CCC(COC(=O)Nc2ccc(-c3ccccc3)cn2)(C(=O)NCc2ccccc2Cl)CC1. The van der Waals surface area contributed by atoms with Crippen LogP contribution >= 0.6 is 11.6 Å². The maximum atomic E-state index is 13.4. The van der Waals surface area contributed by atoms with Gasteiger partial charge in [-0.05, 0) is 42.2 Å². The summed E-state index contributed by atoms with van der Waals surface area (Å²) in [6, 6.07) is 20.5. The van der Waals surface area contributed by atoms with E-state index in [1.165, 1.54) is 0 Å². The fourth-order valence-corrected chi connectivity index (χ4v) is 4.57. The summed E-state index contributed by atoms with van der Waals surface area (Å²) in [7, 11) is 0. The minimum atomic E-state index is -1.01. The van der Waals surface area contributed by atoms with Crippen LogP contribution in [0.2, 0.25) is 5.02 Å². The third kappa shape index (κ3) is 6.67. The molecule has 3 aromatic rings. The van der Waals surface area contributed by atoms with Crippen molar-refractivity contribution in [2.24, 2.45) is 11.1 Å². The van der Waals surface area contributed by atoms with Crippen LogP contribution < -0.4 is 16.4 Å². The number of rotatable bonds is 8. The molecule has 198 valence electrons. The van der Waals surface area contributed by atoms with Crippen LogP contribution in [-0.2, 0) is 20.9 Å². The van der Waals surface area contributed by atoms with Gasteiger partial charge in [0.05, 0.1) is 12.0 Å². The Bertz CT molecular complexity index is 1260. The molecule has 2 heterocycles. The molecule has 1 aliphatic heterocycles. The van der Waals surface area contributed by atoms with E-state index in [4.69, 9.17) is 22.1 Å². The van der Waals surface area contributed by atoms with Crippen molar-refractivity contribution in [3.05, 3.63) is 83.5 Å². The van der Waals surface area contributed by atoms with E-state index in [0.717, 1.165) is 16.7 Å². The fourth-order valence-electron chi connectivity index (χ4n) is 4.37. The first-order chi connectivity index (χ1) is 18.4. The van der Waals surface area contributed by atoms with Gasteiger partial charge < -0.3 is 20.7 Å². The molecular formula is C28H30ClN5O4. The zero-order valence-electron chi connectivity index (χ0n) is 20.9. The first kappa shape index (κ1) is 27.1. The van der Waals surface area contributed by atoms with Crippen LogP contribution in [0.5, 0.6) is 0 Å². The topological polar surface area (TPSA) is 127 Å². The van der Waals surface area contributed by atoms with Crippen LogP contribution in [0.3, 0.4) is 0 Å². The molecule has 0 radical (unpaired) electrons. The summed E-state index contributed by atoms with van der Waals surface area (Å²) in [5.74, 6) is -0.121. The smallest absolute Gasteiger partial charge is 0.412 e. The van der Waals surface area contributed by atoms with Crippen LogP contribution in [0.1, 0.15) is 18.4 Å². The molecule has 4 N–H and O–H groups in total. The highest BCUT2D eigenvalue weighted by molar-refractivity contribution is 6.31. The van der Waals surface area contributed by atoms with Gasteiger partial charge >= 0.3 is 6.09 Å². The highest BCUT2D eigenvalue weighted by atomic mass is 35.5. The Morgan fingerprint density at radius 2 is 1.68 bits per heavy atom. The molecule has 10 heteroatoms. The molecule has 2 aromatic carbocycles. The highest BCUT2D eigenvalue weighted by Gasteiger charge is 2.43. The largest absolute Gasteiger partial charge is 0.448 e. The first-order valence-electron chi connectivity index (χ1n) is 12.3. The standard InChI is InChI=1S/C28H30ClN5O4/c29-23-9-5-4-8-22(23)18-32-26(36)28(12-14-34(15-13-28)25(35)16-30)19-38-27(37)33-24-11-10-21(17-31-24)20-6-2-1-3-7-20/h1-11,17H,12-16,18-19,30H2,(H,32,36)(H,31,33,37). The first-order valence-corrected chi connectivity index (χ1v) is 12.7. The van der Waals surface area contributed by atoms with E-state index in [1.807, 2.05) is 54.6 Å². The van der Waals surface area contributed by atoms with Crippen molar-refractivity contribution in [2.75, 3.05) is 31.6 Å². The van der Waals surface area contributed by atoms with Gasteiger partial charge in [-0.1, -0.05) is 60.1 Å². The second-order valence-electron chi connectivity index (χ2n) is 9.14. The Kier molecular flexibility index (Phi) is 8.93. The molecule has 0 unspecified atom stereocenters. The lowest BCUT2D eigenvalue weighted by Gasteiger charge is -2.40. The predicted molar refractivity (Wildman–Crippen MR) is 145 cm³/mol. The van der Waals surface area contributed by atoms with E-state index in [2.05, 4.69) is 15.6 Å². The fraction of sp³-hybridized carbons (Fsp3) is 0.286. The van der Waals surface area contributed by atoms with Crippen LogP contribution in [-0.4, -0.2) is 54.0 Å². The molecule has 0 saturated carbocycles. The van der Waals surface area contributed by atoms with Crippen molar-refractivity contribution in [3.8, 4) is 11.1 Å². The van der Waals surface area contributed by atoms with Crippen LogP contribution in [0.4, 0.5) is 10.6 Å². The number of pyridine rings is 1. The minimum absolute atomic E-state index is 0.0966. The minimum Gasteiger partial charge on any atom is -0.448 e. The second kappa shape index (κ2) is 12.5. The van der Waals surface area contributed by atoms with E-state index >= 15 is 0 Å². The number of amides is 3. The highest BCUT2D eigenvalue weighted by Crippen LogP contribution is 2.33. The van der Waals surface area contributed by atoms with Crippen molar-refractivity contribution < 1.29 is 19.1 Å². The van der Waals surface area contributed by atoms with Crippen molar-refractivity contribution in [1.82, 2.24) is 15.2 Å². The molecule has 38 heavy (non-hydrogen) atoms. The predicted octanol–water partition coefficient (Wildman–Crippen LogP) is 3.83. The second-order valence-corrected chi connectivity index (χ2v) is 9.55. The Morgan fingerprint density at radius 3 is 2.34 bits per heavy atom. The van der Waals surface area contributed by atoms with Crippen LogP contribution in [0.25, 0.3) is 11.1 Å². The van der Waals surface area contributed by atoms with E-state index in [0.29, 0.717) is 36.8 Å². The Morgan fingerprint density at radius 1 is 0.974 bits per heavy atom. The number of nitrogens with two attached hydrogens (primary N) is 1. The number of likely N-dealkylation sites (tertiary alicyclic amines) is 1. The van der Waals surface area contributed by atoms with Crippen LogP contribution in [0.15, 0.2) is 72.9 Å². The summed E-state index contributed by atoms with van der Waals surface area (Å²) in [5, 5.41) is 6.09. The molecule has 1 fully saturated rings. The molecule has 4 rings (SSSR count). The quantitative estimate of drug-likeness (QED) is 0.402. The van der Waals surface area contributed by atoms with E-state index in [9.17, 15) is 14.4 Å². The number of aromatic nitrogens is 1. The summed E-state index contributed by atoms with van der Waals surface area (Å²) < 4.78 is 5.52. The normalized spacial score (nSPS) is 14.4. The number of hydrogen-bond donors (Lipinski definition) is 3. The van der Waals surface area contributed by atoms with Gasteiger partial charge in [-0.25, -0.2) is 9.78 Å². The molecule has 1 saturated heterocycles. The van der Waals surface area contributed by atoms with Gasteiger partial charge in [0.2, 0.25) is 11.8 Å². The number of benzene rings is 2. The molecule has 3 amide bonds. The molecule has 0 atom stereocenters. The molecule has 9 nitrogen and oxygen atoms in total. The number of carbonyl (C=O) groups excluding carboxylic acids is 3. The van der Waals surface area contributed by atoms with E-state index in [1.54, 1.807) is 23.2 Å². The van der Waals surface area contributed by atoms with Crippen LogP contribution in [0, 0.1) is 5.41 Å². The lowest BCUT2D eigenvalue weighted by atomic mass is 9.78. The Balaban J connectivity index is 1.39. The zero-order chi connectivity index (χ0) is 27.0. The molecule has 0 bridgehead atoms. The van der Waals surface area contributed by atoms with Gasteiger partial charge in [0.25, 0.3) is 0 Å². The maximum Gasteiger partial charge on any atom is 0.412 e. The monoisotopic (exact) mass is 535 g/mol. The summed E-state index contributed by atoms with van der Waals surface area (Å²) in [4.78, 5) is 44.0. The summed E-state index contributed by atoms with van der Waals surface area (Å²) >= 11 is 6.23. The van der Waals surface area contributed by atoms with Gasteiger partial charge in [0.1, 0.15) is 12.4 Å². The molecule has 0 spiro atoms. The molecule has 1 aliphatic rings. The lowest BCUT2D eigenvalue weighted by Crippen LogP contribution is -2.53. The number of piperidine rings is 1. The Labute approximate surface area is 226 Å². The average Bonchev–Trinajstić information content (AvgIpc) is 2.96. The number of halogens is 1. The number of ether oxygens (including phenoxy) is 1. The van der Waals surface area contributed by atoms with E-state index in [-0.39, 0.29) is 31.5 Å². The maximum absolute atomic E-state index is 13.4. The van der Waals surface area contributed by atoms with Crippen molar-refractivity contribution >= 4 is 35.3 Å². The average molecular weight is 536 g/mol. The molecule has 0 aliphatic carbocycles. The van der Waals surface area contributed by atoms with Crippen molar-refractivity contribution in [3.63, 3.8) is 0 Å². The van der Waals surface area contributed by atoms with Gasteiger partial charge in [0.15, 0.2) is 0 Å².